The number of morpholine rings is 1. The predicted octanol–water partition coefficient (Wildman–Crippen LogP) is 4.47. The number of nitriles is 1. The summed E-state index contributed by atoms with van der Waals surface area (Å²) < 4.78 is 7.35. The summed E-state index contributed by atoms with van der Waals surface area (Å²) in [5.74, 6) is 1.13. The van der Waals surface area contributed by atoms with Gasteiger partial charge >= 0.3 is 0 Å². The Morgan fingerprint density at radius 2 is 1.83 bits per heavy atom. The number of benzene rings is 2. The van der Waals surface area contributed by atoms with Gasteiger partial charge in [0.25, 0.3) is 0 Å². The molecule has 0 aliphatic carbocycles. The highest BCUT2D eigenvalue weighted by Crippen LogP contribution is 2.29. The Morgan fingerprint density at radius 1 is 1.07 bits per heavy atom. The van der Waals surface area contributed by atoms with Crippen LogP contribution in [0.1, 0.15) is 11.4 Å². The van der Waals surface area contributed by atoms with Crippen LogP contribution in [0.15, 0.2) is 48.5 Å². The van der Waals surface area contributed by atoms with E-state index in [1.54, 1.807) is 24.3 Å². The van der Waals surface area contributed by atoms with E-state index in [1.165, 1.54) is 0 Å². The van der Waals surface area contributed by atoms with Crippen molar-refractivity contribution in [1.29, 1.82) is 5.26 Å². The van der Waals surface area contributed by atoms with Crippen molar-refractivity contribution in [3.8, 4) is 11.8 Å². The van der Waals surface area contributed by atoms with Crippen molar-refractivity contribution < 1.29 is 4.74 Å². The molecule has 1 aromatic heterocycles. The number of hydrogen-bond donors (Lipinski definition) is 0. The average Bonchev–Trinajstić information content (AvgIpc) is 3.19. The molecule has 0 saturated carbocycles. The standard InChI is InChI=1S/C21H17Cl2N5O/c22-17-7-6-15(19(23)13-17)12-16(14-24)20-25-26-21(27-8-10-29-11-9-27)28(20)18-4-2-1-3-5-18/h1-7,12-13H,8-11H2/b16-12+. The summed E-state index contributed by atoms with van der Waals surface area (Å²) >= 11 is 12.3. The van der Waals surface area contributed by atoms with Crippen molar-refractivity contribution in [2.45, 2.75) is 0 Å². The minimum Gasteiger partial charge on any atom is -0.378 e. The lowest BCUT2D eigenvalue weighted by atomic mass is 10.1. The van der Waals surface area contributed by atoms with Crippen LogP contribution in [-0.4, -0.2) is 41.1 Å². The number of ether oxygens (including phenoxy) is 1. The van der Waals surface area contributed by atoms with E-state index in [0.29, 0.717) is 59.3 Å². The van der Waals surface area contributed by atoms with Crippen LogP contribution < -0.4 is 4.90 Å². The molecule has 0 atom stereocenters. The van der Waals surface area contributed by atoms with E-state index < -0.39 is 0 Å². The van der Waals surface area contributed by atoms with Crippen LogP contribution in [-0.2, 0) is 4.74 Å². The second kappa shape index (κ2) is 8.66. The van der Waals surface area contributed by atoms with Gasteiger partial charge < -0.3 is 9.64 Å². The largest absolute Gasteiger partial charge is 0.378 e. The Balaban J connectivity index is 1.85. The van der Waals surface area contributed by atoms with Crippen molar-refractivity contribution in [3.63, 3.8) is 0 Å². The Bertz CT molecular complexity index is 1080. The van der Waals surface area contributed by atoms with Gasteiger partial charge in [-0.25, -0.2) is 0 Å². The fourth-order valence-corrected chi connectivity index (χ4v) is 3.62. The molecule has 0 bridgehead atoms. The van der Waals surface area contributed by atoms with Gasteiger partial charge in [0.15, 0.2) is 5.82 Å². The van der Waals surface area contributed by atoms with Gasteiger partial charge in [-0.2, -0.15) is 5.26 Å². The molecule has 4 rings (SSSR count). The van der Waals surface area contributed by atoms with Crippen molar-refractivity contribution >= 4 is 40.8 Å². The van der Waals surface area contributed by atoms with E-state index in [1.807, 2.05) is 34.9 Å². The maximum Gasteiger partial charge on any atom is 0.232 e. The number of allylic oxidation sites excluding steroid dienone is 1. The second-order valence-corrected chi connectivity index (χ2v) is 7.27. The minimum absolute atomic E-state index is 0.352. The number of nitrogens with zero attached hydrogens (tertiary/aromatic N) is 5. The highest BCUT2D eigenvalue weighted by molar-refractivity contribution is 6.35. The van der Waals surface area contributed by atoms with Crippen molar-refractivity contribution in [2.24, 2.45) is 0 Å². The zero-order chi connectivity index (χ0) is 20.2. The molecule has 1 aliphatic heterocycles. The van der Waals surface area contributed by atoms with Crippen LogP contribution in [0, 0.1) is 11.3 Å². The minimum atomic E-state index is 0.352. The second-order valence-electron chi connectivity index (χ2n) is 6.43. The van der Waals surface area contributed by atoms with Gasteiger partial charge in [-0.05, 0) is 35.9 Å². The third-order valence-corrected chi connectivity index (χ3v) is 5.14. The third-order valence-electron chi connectivity index (χ3n) is 4.58. The van der Waals surface area contributed by atoms with Crippen LogP contribution in [0.5, 0.6) is 0 Å². The first kappa shape index (κ1) is 19.5. The molecule has 146 valence electrons. The fraction of sp³-hybridized carbons (Fsp3) is 0.190. The number of rotatable bonds is 4. The zero-order valence-electron chi connectivity index (χ0n) is 15.4. The molecule has 0 radical (unpaired) electrons. The lowest BCUT2D eigenvalue weighted by Crippen LogP contribution is -2.38. The lowest BCUT2D eigenvalue weighted by molar-refractivity contribution is 0.122. The summed E-state index contributed by atoms with van der Waals surface area (Å²) in [6.07, 6.45) is 1.70. The Hall–Kier alpha value is -2.85. The highest BCUT2D eigenvalue weighted by Gasteiger charge is 2.23. The number of para-hydroxylation sites is 1. The van der Waals surface area contributed by atoms with Gasteiger partial charge in [0, 0.05) is 23.1 Å². The molecule has 8 heteroatoms. The normalized spacial score (nSPS) is 14.7. The summed E-state index contributed by atoms with van der Waals surface area (Å²) in [6, 6.07) is 17.1. The molecule has 29 heavy (non-hydrogen) atoms. The number of halogens is 2. The number of hydrogen-bond acceptors (Lipinski definition) is 5. The summed E-state index contributed by atoms with van der Waals surface area (Å²) in [6.45, 7) is 2.66. The molecule has 3 aromatic rings. The molecular formula is C21H17Cl2N5O. The Kier molecular flexibility index (Phi) is 5.81. The van der Waals surface area contributed by atoms with Gasteiger partial charge in [0.05, 0.1) is 24.5 Å². The molecule has 1 aliphatic rings. The number of aromatic nitrogens is 3. The first-order chi connectivity index (χ1) is 14.2. The third kappa shape index (κ3) is 4.13. The number of anilines is 1. The van der Waals surface area contributed by atoms with Gasteiger partial charge in [-0.1, -0.05) is 47.5 Å². The molecule has 2 aromatic carbocycles. The van der Waals surface area contributed by atoms with E-state index in [-0.39, 0.29) is 0 Å². The van der Waals surface area contributed by atoms with Gasteiger partial charge in [0.1, 0.15) is 6.07 Å². The zero-order valence-corrected chi connectivity index (χ0v) is 16.9. The molecule has 0 unspecified atom stereocenters. The van der Waals surface area contributed by atoms with Crippen LogP contribution >= 0.6 is 23.2 Å². The average molecular weight is 426 g/mol. The smallest absolute Gasteiger partial charge is 0.232 e. The summed E-state index contributed by atoms with van der Waals surface area (Å²) in [5, 5.41) is 19.6. The van der Waals surface area contributed by atoms with E-state index >= 15 is 0 Å². The molecule has 0 N–H and O–H groups in total. The highest BCUT2D eigenvalue weighted by atomic mass is 35.5. The van der Waals surface area contributed by atoms with E-state index in [2.05, 4.69) is 21.2 Å². The molecule has 0 spiro atoms. The van der Waals surface area contributed by atoms with E-state index in [4.69, 9.17) is 27.9 Å². The summed E-state index contributed by atoms with van der Waals surface area (Å²) in [5.41, 5.74) is 1.91. The molecule has 0 amide bonds. The van der Waals surface area contributed by atoms with Crippen molar-refractivity contribution in [1.82, 2.24) is 14.8 Å². The van der Waals surface area contributed by atoms with Crippen LogP contribution in [0.4, 0.5) is 5.95 Å². The van der Waals surface area contributed by atoms with Gasteiger partial charge in [-0.3, -0.25) is 4.57 Å². The Morgan fingerprint density at radius 3 is 2.52 bits per heavy atom. The van der Waals surface area contributed by atoms with Crippen LogP contribution in [0.3, 0.4) is 0 Å². The molecule has 2 heterocycles. The fourth-order valence-electron chi connectivity index (χ4n) is 3.15. The first-order valence-electron chi connectivity index (χ1n) is 9.08. The Labute approximate surface area is 178 Å². The lowest BCUT2D eigenvalue weighted by Gasteiger charge is -2.28. The summed E-state index contributed by atoms with van der Waals surface area (Å²) in [7, 11) is 0. The van der Waals surface area contributed by atoms with E-state index in [9.17, 15) is 5.26 Å². The van der Waals surface area contributed by atoms with E-state index in [0.717, 1.165) is 5.69 Å². The van der Waals surface area contributed by atoms with Crippen molar-refractivity contribution in [3.05, 3.63) is 70.0 Å². The van der Waals surface area contributed by atoms with Crippen molar-refractivity contribution in [2.75, 3.05) is 31.2 Å². The quantitative estimate of drug-likeness (QED) is 0.576. The molecule has 6 nitrogen and oxygen atoms in total. The molecular weight excluding hydrogens is 409 g/mol. The summed E-state index contributed by atoms with van der Waals surface area (Å²) in [4.78, 5) is 2.11. The molecule has 1 fully saturated rings. The SMILES string of the molecule is N#C/C(=C\c1ccc(Cl)cc1Cl)c1nnc(N2CCOCC2)n1-c1ccccc1. The van der Waals surface area contributed by atoms with Crippen LogP contribution in [0.2, 0.25) is 10.0 Å². The van der Waals surface area contributed by atoms with Gasteiger partial charge in [-0.15, -0.1) is 10.2 Å². The van der Waals surface area contributed by atoms with Gasteiger partial charge in [0.2, 0.25) is 5.95 Å². The van der Waals surface area contributed by atoms with Crippen LogP contribution in [0.25, 0.3) is 17.3 Å². The predicted molar refractivity (Wildman–Crippen MR) is 114 cm³/mol. The first-order valence-corrected chi connectivity index (χ1v) is 9.84. The topological polar surface area (TPSA) is 67.0 Å². The monoisotopic (exact) mass is 425 g/mol. The molecule has 1 saturated heterocycles. The maximum atomic E-state index is 9.88. The maximum absolute atomic E-state index is 9.88.